The molecule has 0 aliphatic carbocycles. The summed E-state index contributed by atoms with van der Waals surface area (Å²) in [6.45, 7) is 9.27. The lowest BCUT2D eigenvalue weighted by Crippen LogP contribution is -2.55. The minimum absolute atomic E-state index is 0.0314. The molecule has 3 amide bonds. The molecule has 0 aromatic rings. The second kappa shape index (κ2) is 13.5. The van der Waals surface area contributed by atoms with E-state index in [0.717, 1.165) is 11.2 Å². The Morgan fingerprint density at radius 2 is 1.47 bits per heavy atom. The van der Waals surface area contributed by atoms with E-state index in [9.17, 15) is 19.2 Å². The fourth-order valence-electron chi connectivity index (χ4n) is 3.18. The molecule has 0 aliphatic rings. The van der Waals surface area contributed by atoms with Crippen molar-refractivity contribution in [2.24, 2.45) is 5.92 Å². The molecule has 0 spiro atoms. The summed E-state index contributed by atoms with van der Waals surface area (Å²) < 4.78 is 0. The van der Waals surface area contributed by atoms with Crippen LogP contribution in [0, 0.1) is 5.92 Å². The Morgan fingerprint density at radius 3 is 1.90 bits per heavy atom. The van der Waals surface area contributed by atoms with Gasteiger partial charge in [0, 0.05) is 13.1 Å². The highest BCUT2D eigenvalue weighted by molar-refractivity contribution is 6.01. The summed E-state index contributed by atoms with van der Waals surface area (Å²) in [4.78, 5) is 51.9. The zero-order chi connectivity index (χ0) is 23.6. The molecule has 174 valence electrons. The number of nitrogens with one attached hydrogen (secondary N) is 3. The molecule has 0 radical (unpaired) electrons. The maximum Gasteiger partial charge on any atom is 0.251 e. The molecule has 2 unspecified atom stereocenters. The summed E-state index contributed by atoms with van der Waals surface area (Å²) in [6, 6.07) is -2.12. The lowest BCUT2D eigenvalue weighted by molar-refractivity contribution is -0.147. The van der Waals surface area contributed by atoms with E-state index >= 15 is 0 Å². The first-order valence-corrected chi connectivity index (χ1v) is 10.5. The maximum absolute atomic E-state index is 12.7. The van der Waals surface area contributed by atoms with E-state index in [1.54, 1.807) is 35.0 Å². The molecule has 0 aromatic carbocycles. The standard InChI is InChI=1S/C21H41N5O4/c1-13(2)10-18(23-7)21(30)26(9)20(29)15(4)24-19(28)16(5)25(8)14(3)11-17(12-27)22-6/h12-18,22-23H,10-11H2,1-9H3,(H,24,28)/t14?,15-,16+,17-,18?/m0/s1. The number of amides is 3. The van der Waals surface area contributed by atoms with Gasteiger partial charge >= 0.3 is 0 Å². The predicted molar refractivity (Wildman–Crippen MR) is 118 cm³/mol. The Balaban J connectivity index is 4.95. The molecule has 0 fully saturated rings. The third kappa shape index (κ3) is 8.49. The van der Waals surface area contributed by atoms with Crippen LogP contribution in [-0.2, 0) is 19.2 Å². The van der Waals surface area contributed by atoms with Crippen molar-refractivity contribution < 1.29 is 19.2 Å². The molecule has 0 saturated carbocycles. The number of carbonyl (C=O) groups is 4. The zero-order valence-electron chi connectivity index (χ0n) is 20.0. The van der Waals surface area contributed by atoms with Gasteiger partial charge in [0.1, 0.15) is 12.3 Å². The van der Waals surface area contributed by atoms with Gasteiger partial charge in [0.2, 0.25) is 11.8 Å². The first kappa shape index (κ1) is 28.2. The van der Waals surface area contributed by atoms with E-state index in [0.29, 0.717) is 18.8 Å². The topological polar surface area (TPSA) is 111 Å². The van der Waals surface area contributed by atoms with Gasteiger partial charge in [-0.3, -0.25) is 24.2 Å². The average Bonchev–Trinajstić information content (AvgIpc) is 2.72. The third-order valence-corrected chi connectivity index (χ3v) is 5.56. The van der Waals surface area contributed by atoms with E-state index in [4.69, 9.17) is 0 Å². The molecule has 9 nitrogen and oxygen atoms in total. The largest absolute Gasteiger partial charge is 0.343 e. The molecule has 0 bridgehead atoms. The number of hydrogen-bond acceptors (Lipinski definition) is 7. The van der Waals surface area contributed by atoms with Crippen molar-refractivity contribution >= 4 is 24.0 Å². The number of carbonyl (C=O) groups excluding carboxylic acids is 4. The molecular formula is C21H41N5O4. The summed E-state index contributed by atoms with van der Waals surface area (Å²) >= 11 is 0. The van der Waals surface area contributed by atoms with Gasteiger partial charge in [-0.15, -0.1) is 0 Å². The van der Waals surface area contributed by atoms with Crippen LogP contribution in [0.25, 0.3) is 0 Å². The van der Waals surface area contributed by atoms with Crippen LogP contribution in [0.1, 0.15) is 47.5 Å². The molecule has 9 heteroatoms. The number of likely N-dealkylation sites (N-methyl/N-ethyl adjacent to an activating group) is 4. The van der Waals surface area contributed by atoms with Gasteiger partial charge in [-0.25, -0.2) is 0 Å². The number of nitrogens with zero attached hydrogens (tertiary/aromatic N) is 2. The lowest BCUT2D eigenvalue weighted by Gasteiger charge is -2.32. The minimum Gasteiger partial charge on any atom is -0.343 e. The highest BCUT2D eigenvalue weighted by Gasteiger charge is 2.31. The quantitative estimate of drug-likeness (QED) is 0.355. The lowest BCUT2D eigenvalue weighted by atomic mass is 10.0. The Kier molecular flexibility index (Phi) is 12.6. The van der Waals surface area contributed by atoms with Crippen LogP contribution < -0.4 is 16.0 Å². The van der Waals surface area contributed by atoms with E-state index in [-0.39, 0.29) is 23.9 Å². The Bertz CT molecular complexity index is 584. The summed E-state index contributed by atoms with van der Waals surface area (Å²) in [5.41, 5.74) is 0. The normalized spacial score (nSPS) is 16.5. The SMILES string of the molecule is CNC(CC(C)C)C(=O)N(C)C(=O)[C@H](C)NC(=O)[C@@H](C)N(C)C(C)C[C@@H](C=O)NC. The second-order valence-corrected chi connectivity index (χ2v) is 8.39. The van der Waals surface area contributed by atoms with Gasteiger partial charge in [-0.1, -0.05) is 13.8 Å². The van der Waals surface area contributed by atoms with Crippen LogP contribution in [0.15, 0.2) is 0 Å². The van der Waals surface area contributed by atoms with Crippen molar-refractivity contribution in [2.75, 3.05) is 28.2 Å². The fraction of sp³-hybridized carbons (Fsp3) is 0.810. The van der Waals surface area contributed by atoms with E-state index < -0.39 is 24.0 Å². The van der Waals surface area contributed by atoms with E-state index in [1.165, 1.54) is 7.05 Å². The molecule has 0 aromatic heterocycles. The zero-order valence-corrected chi connectivity index (χ0v) is 20.0. The minimum atomic E-state index is -0.839. The van der Waals surface area contributed by atoms with Crippen molar-refractivity contribution in [2.45, 2.75) is 77.7 Å². The molecule has 30 heavy (non-hydrogen) atoms. The summed E-state index contributed by atoms with van der Waals surface area (Å²) in [7, 11) is 6.65. The number of rotatable bonds is 13. The highest BCUT2D eigenvalue weighted by Crippen LogP contribution is 2.10. The first-order chi connectivity index (χ1) is 13.9. The van der Waals surface area contributed by atoms with Crippen molar-refractivity contribution in [3.05, 3.63) is 0 Å². The average molecular weight is 428 g/mol. The van der Waals surface area contributed by atoms with Crippen LogP contribution in [0.4, 0.5) is 0 Å². The van der Waals surface area contributed by atoms with Crippen molar-refractivity contribution in [1.82, 2.24) is 25.8 Å². The van der Waals surface area contributed by atoms with Crippen LogP contribution in [0.3, 0.4) is 0 Å². The molecule has 3 N–H and O–H groups in total. The Morgan fingerprint density at radius 1 is 0.900 bits per heavy atom. The molecular weight excluding hydrogens is 386 g/mol. The Hall–Kier alpha value is -1.84. The van der Waals surface area contributed by atoms with Gasteiger partial charge < -0.3 is 20.7 Å². The van der Waals surface area contributed by atoms with Crippen molar-refractivity contribution in [1.29, 1.82) is 0 Å². The Labute approximate surface area is 181 Å². The monoisotopic (exact) mass is 427 g/mol. The second-order valence-electron chi connectivity index (χ2n) is 8.39. The van der Waals surface area contributed by atoms with Gasteiger partial charge in [-0.05, 0) is 60.7 Å². The van der Waals surface area contributed by atoms with E-state index in [2.05, 4.69) is 16.0 Å². The maximum atomic E-state index is 12.7. The van der Waals surface area contributed by atoms with Gasteiger partial charge in [0.25, 0.3) is 5.91 Å². The predicted octanol–water partition coefficient (Wildman–Crippen LogP) is -0.00400. The third-order valence-electron chi connectivity index (χ3n) is 5.56. The molecule has 0 aliphatic heterocycles. The van der Waals surface area contributed by atoms with Gasteiger partial charge in [-0.2, -0.15) is 0 Å². The summed E-state index contributed by atoms with van der Waals surface area (Å²) in [6.07, 6.45) is 2.02. The number of hydrogen-bond donors (Lipinski definition) is 3. The highest BCUT2D eigenvalue weighted by atomic mass is 16.2. The number of aldehydes is 1. The van der Waals surface area contributed by atoms with Crippen LogP contribution >= 0.6 is 0 Å². The van der Waals surface area contributed by atoms with Crippen LogP contribution in [0.2, 0.25) is 0 Å². The van der Waals surface area contributed by atoms with Crippen LogP contribution in [-0.4, -0.2) is 92.2 Å². The van der Waals surface area contributed by atoms with Crippen LogP contribution in [0.5, 0.6) is 0 Å². The van der Waals surface area contributed by atoms with Crippen molar-refractivity contribution in [3.63, 3.8) is 0 Å². The molecule has 5 atom stereocenters. The molecule has 0 rings (SSSR count). The molecule has 0 heterocycles. The van der Waals surface area contributed by atoms with Crippen molar-refractivity contribution in [3.8, 4) is 0 Å². The number of imide groups is 1. The first-order valence-electron chi connectivity index (χ1n) is 10.5. The molecule has 0 saturated heterocycles. The fourth-order valence-corrected chi connectivity index (χ4v) is 3.18. The van der Waals surface area contributed by atoms with Gasteiger partial charge in [0.15, 0.2) is 0 Å². The summed E-state index contributed by atoms with van der Waals surface area (Å²) in [5.74, 6) is -0.794. The summed E-state index contributed by atoms with van der Waals surface area (Å²) in [5, 5.41) is 8.57. The van der Waals surface area contributed by atoms with Gasteiger partial charge in [0.05, 0.1) is 18.1 Å². The smallest absolute Gasteiger partial charge is 0.251 e. The van der Waals surface area contributed by atoms with E-state index in [1.807, 2.05) is 25.7 Å².